The van der Waals surface area contributed by atoms with E-state index < -0.39 is 21.6 Å². The molecule has 0 fully saturated rings. The monoisotopic (exact) mass is 535 g/mol. The third-order valence-corrected chi connectivity index (χ3v) is 7.48. The Labute approximate surface area is 208 Å². The molecule has 0 amide bonds. The summed E-state index contributed by atoms with van der Waals surface area (Å²) in [4.78, 5) is 16.6. The Balaban J connectivity index is 1.74. The number of aromatic nitrogens is 4. The van der Waals surface area contributed by atoms with Gasteiger partial charge in [0.05, 0.1) is 46.3 Å². The molecule has 186 valence electrons. The first kappa shape index (κ1) is 25.1. The fourth-order valence-corrected chi connectivity index (χ4v) is 4.72. The molecule has 0 atom stereocenters. The number of sulfone groups is 1. The van der Waals surface area contributed by atoms with E-state index in [0.29, 0.717) is 11.1 Å². The van der Waals surface area contributed by atoms with Gasteiger partial charge < -0.3 is 15.4 Å². The second-order valence-electron chi connectivity index (χ2n) is 7.17. The number of nitrogens with one attached hydrogen (secondary N) is 2. The number of rotatable bonds is 8. The van der Waals surface area contributed by atoms with Crippen molar-refractivity contribution in [2.24, 2.45) is 0 Å². The van der Waals surface area contributed by atoms with Crippen LogP contribution in [0.1, 0.15) is 12.5 Å². The zero-order chi connectivity index (χ0) is 25.9. The van der Waals surface area contributed by atoms with Crippen LogP contribution in [0, 0.1) is 6.20 Å². The van der Waals surface area contributed by atoms with Crippen LogP contribution in [0.2, 0.25) is 0 Å². The Morgan fingerprint density at radius 1 is 1.14 bits per heavy atom. The van der Waals surface area contributed by atoms with Crippen molar-refractivity contribution in [2.75, 3.05) is 23.5 Å². The van der Waals surface area contributed by atoms with E-state index in [9.17, 15) is 21.6 Å². The van der Waals surface area contributed by atoms with E-state index in [2.05, 4.69) is 36.8 Å². The van der Waals surface area contributed by atoms with Crippen LogP contribution in [0.3, 0.4) is 0 Å². The number of nitrogens with zero attached hydrogens (tertiary/aromatic N) is 4. The average molecular weight is 536 g/mol. The van der Waals surface area contributed by atoms with Gasteiger partial charge in [-0.1, -0.05) is 6.92 Å². The maximum absolute atomic E-state index is 13.8. The molecule has 4 rings (SSSR count). The molecule has 36 heavy (non-hydrogen) atoms. The first-order chi connectivity index (χ1) is 17.1. The van der Waals surface area contributed by atoms with Gasteiger partial charge in [0.2, 0.25) is 0 Å². The molecule has 9 nitrogen and oxygen atoms in total. The maximum atomic E-state index is 13.8. The normalized spacial score (nSPS) is 11.6. The average Bonchev–Trinajstić information content (AvgIpc) is 3.32. The van der Waals surface area contributed by atoms with Crippen LogP contribution in [0.25, 0.3) is 10.7 Å². The summed E-state index contributed by atoms with van der Waals surface area (Å²) in [7, 11) is -2.15. The minimum atomic E-state index is -4.71. The maximum Gasteiger partial charge on any atom is 0.447 e. The lowest BCUT2D eigenvalue weighted by atomic mass is 10.2. The molecule has 0 aliphatic carbocycles. The van der Waals surface area contributed by atoms with Gasteiger partial charge in [-0.15, -0.1) is 16.3 Å². The van der Waals surface area contributed by atoms with E-state index in [1.807, 2.05) is 0 Å². The largest absolute Gasteiger partial charge is 0.495 e. The highest BCUT2D eigenvalue weighted by Crippen LogP contribution is 2.39. The quantitative estimate of drug-likeness (QED) is 0.340. The second kappa shape index (κ2) is 9.96. The second-order valence-corrected chi connectivity index (χ2v) is 10.3. The fourth-order valence-electron chi connectivity index (χ4n) is 3.14. The molecule has 0 spiro atoms. The summed E-state index contributed by atoms with van der Waals surface area (Å²) in [6.45, 7) is 1.51. The van der Waals surface area contributed by atoms with Crippen molar-refractivity contribution in [3.8, 4) is 16.5 Å². The first-order valence-electron chi connectivity index (χ1n) is 10.3. The van der Waals surface area contributed by atoms with Gasteiger partial charge in [0.15, 0.2) is 32.9 Å². The van der Waals surface area contributed by atoms with Crippen LogP contribution in [0.5, 0.6) is 5.75 Å². The van der Waals surface area contributed by atoms with E-state index >= 15 is 0 Å². The highest BCUT2D eigenvalue weighted by atomic mass is 32.2. The summed E-state index contributed by atoms with van der Waals surface area (Å²) < 4.78 is 71.2. The van der Waals surface area contributed by atoms with E-state index in [-0.39, 0.29) is 45.2 Å². The third kappa shape index (κ3) is 5.31. The highest BCUT2D eigenvalue weighted by molar-refractivity contribution is 7.91. The van der Waals surface area contributed by atoms with Gasteiger partial charge in [-0.05, 0) is 23.2 Å². The minimum absolute atomic E-state index is 0.0101. The van der Waals surface area contributed by atoms with Gasteiger partial charge in [0.1, 0.15) is 11.6 Å². The number of benzene rings is 1. The molecule has 3 aromatic heterocycles. The van der Waals surface area contributed by atoms with Crippen molar-refractivity contribution < 1.29 is 31.3 Å². The Morgan fingerprint density at radius 3 is 2.61 bits per heavy atom. The zero-order valence-corrected chi connectivity index (χ0v) is 20.4. The van der Waals surface area contributed by atoms with E-state index in [1.165, 1.54) is 50.0 Å². The number of anilines is 4. The Kier molecular flexibility index (Phi) is 6.95. The number of alkyl halides is 3. The Hall–Kier alpha value is -3.96. The molecule has 0 bridgehead atoms. The number of pyridine rings is 1. The van der Waals surface area contributed by atoms with Crippen molar-refractivity contribution in [3.63, 3.8) is 0 Å². The topological polar surface area (TPSA) is 120 Å². The van der Waals surface area contributed by atoms with Crippen LogP contribution in [0.4, 0.5) is 36.2 Å². The molecule has 2 N–H and O–H groups in total. The van der Waals surface area contributed by atoms with Crippen LogP contribution in [0.15, 0.2) is 53.1 Å². The van der Waals surface area contributed by atoms with Crippen molar-refractivity contribution in [2.45, 2.75) is 18.0 Å². The molecule has 0 radical (unpaired) electrons. The number of ether oxygens (including phenoxy) is 1. The van der Waals surface area contributed by atoms with Crippen molar-refractivity contribution in [1.82, 2.24) is 15.0 Å². The molecule has 0 aliphatic heterocycles. The minimum Gasteiger partial charge on any atom is -0.495 e. The number of hydrogen-bond donors (Lipinski definition) is 2. The van der Waals surface area contributed by atoms with Crippen LogP contribution in [-0.2, 0) is 16.0 Å². The van der Waals surface area contributed by atoms with Gasteiger partial charge in [-0.3, -0.25) is 0 Å². The summed E-state index contributed by atoms with van der Waals surface area (Å²) in [6, 6.07) is 6.82. The summed E-state index contributed by atoms with van der Waals surface area (Å²) in [5.41, 5.74) is 0.310. The van der Waals surface area contributed by atoms with Gasteiger partial charge in [-0.25, -0.2) is 18.4 Å². The van der Waals surface area contributed by atoms with Crippen LogP contribution >= 0.6 is 11.3 Å². The Morgan fingerprint density at radius 2 is 1.94 bits per heavy atom. The third-order valence-electron chi connectivity index (χ3n) is 4.92. The number of thiazole rings is 1. The summed E-state index contributed by atoms with van der Waals surface area (Å²) in [5.74, 6) is 0.541. The lowest BCUT2D eigenvalue weighted by Crippen LogP contribution is -2.11. The summed E-state index contributed by atoms with van der Waals surface area (Å²) in [6.07, 6.45) is 0.0413. The lowest BCUT2D eigenvalue weighted by molar-refractivity contribution is -0.284. The summed E-state index contributed by atoms with van der Waals surface area (Å²) >= 11 is 1.15. The summed E-state index contributed by atoms with van der Waals surface area (Å²) in [5, 5.41) is 5.55. The molecule has 0 saturated heterocycles. The van der Waals surface area contributed by atoms with Crippen molar-refractivity contribution in [1.29, 1.82) is 0 Å². The predicted molar refractivity (Wildman–Crippen MR) is 126 cm³/mol. The smallest absolute Gasteiger partial charge is 0.447 e. The molecule has 0 unspecified atom stereocenters. The number of hydrogen-bond acceptors (Lipinski definition) is 9. The molecule has 0 saturated carbocycles. The lowest BCUT2D eigenvalue weighted by Gasteiger charge is -2.16. The van der Waals surface area contributed by atoms with Crippen molar-refractivity contribution in [3.05, 3.63) is 60.0 Å². The van der Waals surface area contributed by atoms with Gasteiger partial charge in [0.25, 0.3) is 0 Å². The molecule has 14 heteroatoms. The predicted octanol–water partition coefficient (Wildman–Crippen LogP) is 4.31. The van der Waals surface area contributed by atoms with E-state index in [0.717, 1.165) is 17.4 Å². The van der Waals surface area contributed by atoms with Gasteiger partial charge in [-0.2, -0.15) is 13.2 Å². The number of methoxy groups -OCH3 is 1. The first-order valence-corrected chi connectivity index (χ1v) is 12.8. The molecular formula is C22H18F3N6O3S2+. The molecule has 0 aliphatic rings. The molecule has 3 heterocycles. The van der Waals surface area contributed by atoms with Crippen LogP contribution in [-0.4, -0.2) is 36.2 Å². The standard InChI is InChI=1S/C22H17F3N6O3S2/c1-3-36(32,33)13-5-6-17(34-2)16(9-13)30-18-10-15(14(11-28-18)22(23,24)25)31-21-19(35-12-29-21)20-26-7-4-8-27-20/h4-7,9-12H,3H2,1-2H3,(H,28,30)/p+1. The zero-order valence-electron chi connectivity index (χ0n) is 18.8. The van der Waals surface area contributed by atoms with Gasteiger partial charge >= 0.3 is 12.0 Å². The molecular weight excluding hydrogens is 517 g/mol. The molecule has 4 aromatic rings. The SMILES string of the molecule is CCS(=O)(=O)c1ccc(OC)c(Nc2cc(Nc3ncsc3-c3nccc#[n+]3)c(C(F)(F)F)cn2)c1. The Bertz CT molecular complexity index is 1480. The van der Waals surface area contributed by atoms with Crippen molar-refractivity contribution >= 4 is 44.2 Å². The van der Waals surface area contributed by atoms with Gasteiger partial charge in [0, 0.05) is 12.3 Å². The van der Waals surface area contributed by atoms with Crippen LogP contribution < -0.4 is 20.4 Å². The fraction of sp³-hybridized carbons (Fsp3) is 0.182. The van der Waals surface area contributed by atoms with E-state index in [1.54, 1.807) is 0 Å². The molecule has 1 aromatic carbocycles. The highest BCUT2D eigenvalue weighted by Gasteiger charge is 2.35. The number of halogens is 3. The van der Waals surface area contributed by atoms with E-state index in [4.69, 9.17) is 4.74 Å².